The molecule has 1 spiro atoms. The van der Waals surface area contributed by atoms with Crippen molar-refractivity contribution in [3.8, 4) is 0 Å². The Morgan fingerprint density at radius 1 is 0.599 bits per heavy atom. The quantitative estimate of drug-likeness (QED) is 0.0253. The van der Waals surface area contributed by atoms with E-state index in [2.05, 4.69) is 42.1 Å². The number of aliphatic hydroxyl groups is 1. The van der Waals surface area contributed by atoms with Gasteiger partial charge in [0.1, 0.15) is 88.5 Å². The summed E-state index contributed by atoms with van der Waals surface area (Å²) in [5.41, 5.74) is 5.56. The monoisotopic (exact) mass is 1950 g/mol. The lowest BCUT2D eigenvalue weighted by atomic mass is 9.90. The van der Waals surface area contributed by atoms with Gasteiger partial charge in [-0.3, -0.25) is 77.6 Å². The van der Waals surface area contributed by atoms with Crippen molar-refractivity contribution >= 4 is 163 Å². The lowest BCUT2D eigenvalue weighted by Crippen LogP contribution is -2.63. The summed E-state index contributed by atoms with van der Waals surface area (Å²) in [6.07, 6.45) is 11.5. The average Bonchev–Trinajstić information content (AvgIpc) is 1.64. The second-order valence-corrected chi connectivity index (χ2v) is 41.8. The molecule has 34 nitrogen and oxygen atoms in total. The highest BCUT2D eigenvalue weighted by molar-refractivity contribution is 6.67. The number of pyridine rings is 3. The minimum absolute atomic E-state index is 0.0986. The summed E-state index contributed by atoms with van der Waals surface area (Å²) in [7, 11) is 0. The van der Waals surface area contributed by atoms with Gasteiger partial charge >= 0.3 is 36.2 Å². The molecule has 12 rings (SSSR count). The second kappa shape index (κ2) is 45.0. The summed E-state index contributed by atoms with van der Waals surface area (Å²) in [6.45, 7) is 35.2. The first-order valence-corrected chi connectivity index (χ1v) is 47.7. The number of hydrazine groups is 2. The van der Waals surface area contributed by atoms with Crippen molar-refractivity contribution in [1.29, 1.82) is 0 Å². The molecule has 6 aliphatic rings. The number of rotatable bonds is 17. The van der Waals surface area contributed by atoms with Crippen LogP contribution < -0.4 is 32.1 Å². The number of amides is 9. The number of alkyl halides is 3. The Morgan fingerprint density at radius 2 is 1.12 bits per heavy atom. The zero-order chi connectivity index (χ0) is 101. The standard InChI is InChI=1S/C38H51Cl3N6O8.C36H48N6O7.C26H32N2O5/c1-22(2)30(31(49)42-23(3)32(50)47-19-8-10-28(45-47)33(51)54-21-38(39,40)41)44-34(52)37(16-9-18-46(37)35(53)55-36(5,6)7)17-15-25-11-12-26-13-14-27(24(4)48)43-29(26)20-25;1-21(2)29-30(43)37-22(3)31(44)42-19-8-10-27(40-42)32(45)48-23(4)26-14-13-25-12-11-24(20-28(25)38-26)15-17-36(33(46)39-29)16-9-18-41(36)34(47)49-35(5,6)7;1-17(32-19(3)30)22-11-10-21-9-8-20(16-23(21)27-22)12-14-26(18(2)29)13-7-15-28(26)24(31)33-25(4,5)6/h11-15,17,20,22-24,28,30,45,48H,8-10,16,18-19,21H2,1-7H3,(H,42,49)(H,44,52);11-15,17,20-23,27,29,40H,8-10,16,18-19H2,1-7H3,(H,37,43)(H,39,46);8-12,14,16-17H,7,13,15H2,1-6H3/b2*17-15+;14-12+/t23-,24+,28-,30-,37-;22-,23+,27-,29-,36-;17-,26+/m001/s1. The number of aliphatic hydroxyl groups excluding tert-OH is 1. The third kappa shape index (κ3) is 28.0. The molecule has 6 aliphatic heterocycles. The number of carbonyl (C=O) groups is 13. The van der Waals surface area contributed by atoms with Crippen molar-refractivity contribution in [1.82, 2.24) is 71.8 Å². The number of halogens is 3. The molecular formula is C100H131Cl3N14O20. The number of hydrogen-bond acceptors (Lipinski definition) is 25. The first kappa shape index (κ1) is 108. The van der Waals surface area contributed by atoms with Crippen molar-refractivity contribution in [2.75, 3.05) is 39.3 Å². The van der Waals surface area contributed by atoms with Gasteiger partial charge in [0.05, 0.1) is 39.7 Å². The van der Waals surface area contributed by atoms with Crippen LogP contribution in [0.2, 0.25) is 0 Å². The number of likely N-dealkylation sites (tertiary alicyclic amines) is 3. The van der Waals surface area contributed by atoms with Crippen molar-refractivity contribution < 1.29 is 95.9 Å². The fourth-order valence-corrected chi connectivity index (χ4v) is 17.1. The maximum absolute atomic E-state index is 14.5. The van der Waals surface area contributed by atoms with Crippen LogP contribution in [0.3, 0.4) is 0 Å². The maximum atomic E-state index is 14.5. The number of ether oxygens (including phenoxy) is 6. The van der Waals surface area contributed by atoms with Crippen LogP contribution in [0.25, 0.3) is 50.9 Å². The van der Waals surface area contributed by atoms with Gasteiger partial charge in [-0.05, 0) is 245 Å². The topological polar surface area (TPSA) is 425 Å². The molecule has 9 amide bonds. The SMILES string of the molecule is CC(=O)O[C@H](C)c1ccc2ccc(/C=C/[C@]3(C(C)=O)CCCN3C(=O)OC(C)(C)C)cc2n1.CC(C)[C@@H]1NC(=O)[C@@]2(/C=C/c3ccc4ccc(nc4c3)[C@@H](C)OC(=O)[C@@H]3CCCN(N3)C(=O)[C@H](C)NC1=O)CCCN2C(=O)OC(C)(C)C.CC(C)[C@H](NC(=O)[C@@]1(/C=C/c2ccc3ccc([C@@H](C)O)nc3c2)CCCN1C(=O)OC(C)(C)C)C(=O)N[C@@H](C)C(=O)N1CCC[C@@H](C(=O)OCC(Cl)(Cl)Cl)N1. The van der Waals surface area contributed by atoms with Gasteiger partial charge in [-0.15, -0.1) is 0 Å². The van der Waals surface area contributed by atoms with Gasteiger partial charge in [0.25, 0.3) is 23.6 Å². The van der Waals surface area contributed by atoms with Crippen molar-refractivity contribution in [2.24, 2.45) is 11.8 Å². The molecular weight excluding hydrogens is 1820 g/mol. The number of nitrogens with one attached hydrogen (secondary N) is 6. The Kier molecular flexibility index (Phi) is 35.4. The van der Waals surface area contributed by atoms with Crippen LogP contribution in [-0.4, -0.2) is 235 Å². The largest absolute Gasteiger partial charge is 0.460 e. The van der Waals surface area contributed by atoms with Crippen molar-refractivity contribution in [3.05, 3.63) is 143 Å². The minimum Gasteiger partial charge on any atom is -0.460 e. The molecule has 0 radical (unpaired) electrons. The molecule has 0 aliphatic carbocycles. The van der Waals surface area contributed by atoms with Gasteiger partial charge in [0.2, 0.25) is 15.6 Å². The summed E-state index contributed by atoms with van der Waals surface area (Å²) < 4.78 is 31.3. The Hall–Kier alpha value is -11.4. The third-order valence-corrected chi connectivity index (χ3v) is 24.4. The molecule has 5 bridgehead atoms. The Labute approximate surface area is 814 Å². The zero-order valence-electron chi connectivity index (χ0n) is 81.7. The molecule has 6 aromatic rings. The van der Waals surface area contributed by atoms with Crippen molar-refractivity contribution in [3.63, 3.8) is 0 Å². The minimum atomic E-state index is -1.79. The first-order valence-electron chi connectivity index (χ1n) is 46.6. The number of benzene rings is 3. The summed E-state index contributed by atoms with van der Waals surface area (Å²) >= 11 is 17.1. The molecule has 5 fully saturated rings. The lowest BCUT2D eigenvalue weighted by Gasteiger charge is -2.37. The van der Waals surface area contributed by atoms with Crippen LogP contribution >= 0.6 is 34.8 Å². The van der Waals surface area contributed by atoms with E-state index in [1.165, 1.54) is 45.5 Å². The lowest BCUT2D eigenvalue weighted by molar-refractivity contribution is -0.157. The van der Waals surface area contributed by atoms with Gasteiger partial charge in [0, 0.05) is 55.8 Å². The molecule has 9 heterocycles. The summed E-state index contributed by atoms with van der Waals surface area (Å²) in [4.78, 5) is 191. The molecule has 137 heavy (non-hydrogen) atoms. The number of fused-ring (bicyclic) bond motifs is 6. The van der Waals surface area contributed by atoms with Crippen LogP contribution in [0.15, 0.2) is 109 Å². The highest BCUT2D eigenvalue weighted by Gasteiger charge is 2.54. The van der Waals surface area contributed by atoms with E-state index in [9.17, 15) is 67.4 Å². The number of Topliss-reactive ketones (excluding diaryl/α,β-unsaturated/α-hetero) is 1. The predicted molar refractivity (Wildman–Crippen MR) is 519 cm³/mol. The van der Waals surface area contributed by atoms with Crippen LogP contribution in [0, 0.1) is 11.8 Å². The van der Waals surface area contributed by atoms with E-state index >= 15 is 0 Å². The van der Waals surface area contributed by atoms with Crippen LogP contribution in [0.4, 0.5) is 14.4 Å². The highest BCUT2D eigenvalue weighted by Crippen LogP contribution is 2.40. The number of nitrogens with zero attached hydrogens (tertiary/aromatic N) is 8. The molecule has 5 saturated heterocycles. The second-order valence-electron chi connectivity index (χ2n) is 39.3. The Balaban J connectivity index is 0.000000218. The third-order valence-electron chi connectivity index (χ3n) is 24.0. The zero-order valence-corrected chi connectivity index (χ0v) is 84.0. The van der Waals surface area contributed by atoms with Crippen LogP contribution in [0.5, 0.6) is 0 Å². The summed E-state index contributed by atoms with van der Waals surface area (Å²) in [5, 5.41) is 26.6. The number of cyclic esters (lactones) is 1. The molecule has 742 valence electrons. The van der Waals surface area contributed by atoms with E-state index in [-0.39, 0.29) is 43.7 Å². The van der Waals surface area contributed by atoms with Gasteiger partial charge in [-0.25, -0.2) is 35.2 Å². The fraction of sp³-hybridized carbons (Fsp3) is 0.540. The van der Waals surface area contributed by atoms with E-state index in [1.807, 2.05) is 112 Å². The van der Waals surface area contributed by atoms with Gasteiger partial charge in [-0.1, -0.05) is 141 Å². The molecule has 3 aromatic carbocycles. The van der Waals surface area contributed by atoms with E-state index in [4.69, 9.17) is 68.2 Å². The number of aromatic nitrogens is 3. The van der Waals surface area contributed by atoms with E-state index < -0.39 is 170 Å². The smallest absolute Gasteiger partial charge is 0.411 e. The molecule has 0 saturated carbocycles. The van der Waals surface area contributed by atoms with Gasteiger partial charge in [0.15, 0.2) is 5.78 Å². The first-order chi connectivity index (χ1) is 64.1. The van der Waals surface area contributed by atoms with Crippen LogP contribution in [0.1, 0.15) is 255 Å². The maximum Gasteiger partial charge on any atom is 0.411 e. The van der Waals surface area contributed by atoms with E-state index in [1.54, 1.807) is 133 Å². The summed E-state index contributed by atoms with van der Waals surface area (Å²) in [6, 6.07) is 22.4. The molecule has 0 unspecified atom stereocenters. The number of carbonyl (C=O) groups excluding carboxylic acids is 13. The molecule has 12 atom stereocenters. The molecule has 3 aromatic heterocycles. The normalized spacial score (nSPS) is 23.2. The summed E-state index contributed by atoms with van der Waals surface area (Å²) in [5.74, 6) is -5.69. The molecule has 37 heteroatoms. The fourth-order valence-electron chi connectivity index (χ4n) is 16.9. The Bertz CT molecular complexity index is 5590. The van der Waals surface area contributed by atoms with Crippen LogP contribution in [-0.2, 0) is 76.4 Å². The number of esters is 3. The highest BCUT2D eigenvalue weighted by atomic mass is 35.6. The Morgan fingerprint density at radius 3 is 1.68 bits per heavy atom. The number of ketones is 1. The molecule has 7 N–H and O–H groups in total. The van der Waals surface area contributed by atoms with E-state index in [0.29, 0.717) is 98.1 Å². The average molecular weight is 1960 g/mol. The predicted octanol–water partition coefficient (Wildman–Crippen LogP) is 14.1. The number of hydrogen-bond donors (Lipinski definition) is 7. The van der Waals surface area contributed by atoms with Gasteiger partial charge < -0.3 is 54.8 Å². The van der Waals surface area contributed by atoms with E-state index in [0.717, 1.165) is 39.2 Å². The van der Waals surface area contributed by atoms with Crippen molar-refractivity contribution in [2.45, 2.75) is 294 Å². The van der Waals surface area contributed by atoms with Gasteiger partial charge in [-0.2, -0.15) is 0 Å².